The highest BCUT2D eigenvalue weighted by Crippen LogP contribution is 2.20. The van der Waals surface area contributed by atoms with E-state index in [0.717, 1.165) is 11.3 Å². The Bertz CT molecular complexity index is 264. The minimum atomic E-state index is 0.889. The molecule has 1 rings (SSSR count). The molecule has 0 aromatic heterocycles. The molecule has 13 heavy (non-hydrogen) atoms. The summed E-state index contributed by atoms with van der Waals surface area (Å²) in [6.07, 6.45) is 1.79. The Balaban J connectivity index is 0.000000671. The van der Waals surface area contributed by atoms with Crippen LogP contribution < -0.4 is 4.74 Å². The van der Waals surface area contributed by atoms with E-state index in [9.17, 15) is 0 Å². The van der Waals surface area contributed by atoms with E-state index in [1.807, 2.05) is 39.0 Å². The van der Waals surface area contributed by atoms with Crippen molar-refractivity contribution < 1.29 is 4.74 Å². The average molecular weight is 178 g/mol. The number of methoxy groups -OCH3 is 1. The van der Waals surface area contributed by atoms with Gasteiger partial charge in [-0.25, -0.2) is 0 Å². The summed E-state index contributed by atoms with van der Waals surface area (Å²) in [4.78, 5) is 0. The van der Waals surface area contributed by atoms with Gasteiger partial charge in [-0.3, -0.25) is 0 Å². The smallest absolute Gasteiger partial charge is 0.126 e. The number of ether oxygens (including phenoxy) is 1. The first-order chi connectivity index (χ1) is 6.27. The van der Waals surface area contributed by atoms with E-state index >= 15 is 0 Å². The van der Waals surface area contributed by atoms with E-state index in [1.54, 1.807) is 13.2 Å². The van der Waals surface area contributed by atoms with Crippen molar-refractivity contribution in [1.29, 1.82) is 0 Å². The molecule has 0 heterocycles. The van der Waals surface area contributed by atoms with Crippen molar-refractivity contribution in [2.75, 3.05) is 7.11 Å². The van der Waals surface area contributed by atoms with Gasteiger partial charge in [0.15, 0.2) is 0 Å². The molecule has 0 aliphatic heterocycles. The zero-order chi connectivity index (χ0) is 10.3. The summed E-state index contributed by atoms with van der Waals surface area (Å²) in [6, 6.07) is 6.04. The maximum Gasteiger partial charge on any atom is 0.126 e. The van der Waals surface area contributed by atoms with Crippen LogP contribution in [0.5, 0.6) is 5.75 Å². The normalized spacial score (nSPS) is 8.31. The molecule has 1 aromatic rings. The summed E-state index contributed by atoms with van der Waals surface area (Å²) in [6.45, 7) is 9.73. The van der Waals surface area contributed by atoms with E-state index in [0.29, 0.717) is 0 Å². The lowest BCUT2D eigenvalue weighted by Gasteiger charge is -2.04. The molecule has 0 amide bonds. The number of benzene rings is 1. The van der Waals surface area contributed by atoms with Crippen LogP contribution in [0.15, 0.2) is 24.8 Å². The average Bonchev–Trinajstić information content (AvgIpc) is 2.20. The first-order valence-corrected chi connectivity index (χ1v) is 4.55. The SMILES string of the molecule is C=Cc1ccc(C)cc1OC.CC. The van der Waals surface area contributed by atoms with Crippen molar-refractivity contribution in [3.63, 3.8) is 0 Å². The van der Waals surface area contributed by atoms with Crippen molar-refractivity contribution in [1.82, 2.24) is 0 Å². The van der Waals surface area contributed by atoms with Gasteiger partial charge in [0.25, 0.3) is 0 Å². The summed E-state index contributed by atoms with van der Waals surface area (Å²) in [5.74, 6) is 0.889. The van der Waals surface area contributed by atoms with Crippen molar-refractivity contribution in [2.24, 2.45) is 0 Å². The van der Waals surface area contributed by atoms with Crippen LogP contribution in [0.1, 0.15) is 25.0 Å². The summed E-state index contributed by atoms with van der Waals surface area (Å²) in [5, 5.41) is 0. The van der Waals surface area contributed by atoms with Crippen LogP contribution in [0.25, 0.3) is 6.08 Å². The van der Waals surface area contributed by atoms with E-state index < -0.39 is 0 Å². The molecule has 0 atom stereocenters. The fraction of sp³-hybridized carbons (Fsp3) is 0.333. The first kappa shape index (κ1) is 11.8. The highest BCUT2D eigenvalue weighted by molar-refractivity contribution is 5.56. The highest BCUT2D eigenvalue weighted by atomic mass is 16.5. The predicted octanol–water partition coefficient (Wildman–Crippen LogP) is 3.67. The van der Waals surface area contributed by atoms with Gasteiger partial charge in [0.2, 0.25) is 0 Å². The molecule has 0 radical (unpaired) electrons. The second-order valence-electron chi connectivity index (χ2n) is 2.45. The van der Waals surface area contributed by atoms with Gasteiger partial charge in [-0.05, 0) is 18.6 Å². The minimum Gasteiger partial charge on any atom is -0.496 e. The van der Waals surface area contributed by atoms with Gasteiger partial charge in [-0.1, -0.05) is 38.6 Å². The number of aryl methyl sites for hydroxylation is 1. The Morgan fingerprint density at radius 2 is 1.92 bits per heavy atom. The lowest BCUT2D eigenvalue weighted by Crippen LogP contribution is -1.86. The Kier molecular flexibility index (Phi) is 5.69. The number of rotatable bonds is 2. The summed E-state index contributed by atoms with van der Waals surface area (Å²) in [7, 11) is 1.67. The molecule has 72 valence electrons. The third-order valence-electron chi connectivity index (χ3n) is 1.61. The lowest BCUT2D eigenvalue weighted by molar-refractivity contribution is 0.413. The fourth-order valence-electron chi connectivity index (χ4n) is 0.987. The maximum absolute atomic E-state index is 5.15. The largest absolute Gasteiger partial charge is 0.496 e. The predicted molar refractivity (Wildman–Crippen MR) is 59.2 cm³/mol. The third-order valence-corrected chi connectivity index (χ3v) is 1.61. The molecule has 0 saturated heterocycles. The molecule has 0 fully saturated rings. The van der Waals surface area contributed by atoms with E-state index in [-0.39, 0.29) is 0 Å². The molecule has 1 heteroatoms. The summed E-state index contributed by atoms with van der Waals surface area (Å²) < 4.78 is 5.15. The zero-order valence-corrected chi connectivity index (χ0v) is 8.92. The van der Waals surface area contributed by atoms with Crippen molar-refractivity contribution >= 4 is 6.08 Å². The van der Waals surface area contributed by atoms with Gasteiger partial charge in [0.05, 0.1) is 7.11 Å². The second kappa shape index (κ2) is 6.30. The number of hydrogen-bond donors (Lipinski definition) is 0. The first-order valence-electron chi connectivity index (χ1n) is 4.55. The van der Waals surface area contributed by atoms with Crippen molar-refractivity contribution in [2.45, 2.75) is 20.8 Å². The van der Waals surface area contributed by atoms with Crippen LogP contribution in [-0.2, 0) is 0 Å². The standard InChI is InChI=1S/C10H12O.C2H6/c1-4-9-6-5-8(2)7-10(9)11-3;1-2/h4-7H,1H2,2-3H3;1-2H3. The Hall–Kier alpha value is -1.24. The van der Waals surface area contributed by atoms with Gasteiger partial charge in [-0.2, -0.15) is 0 Å². The zero-order valence-electron chi connectivity index (χ0n) is 8.92. The molecule has 0 bridgehead atoms. The second-order valence-corrected chi connectivity index (χ2v) is 2.45. The quantitative estimate of drug-likeness (QED) is 0.671. The minimum absolute atomic E-state index is 0.889. The Morgan fingerprint density at radius 3 is 2.38 bits per heavy atom. The van der Waals surface area contributed by atoms with Crippen molar-refractivity contribution in [3.8, 4) is 5.75 Å². The molecular formula is C12H18O. The third kappa shape index (κ3) is 3.32. The molecular weight excluding hydrogens is 160 g/mol. The molecule has 0 spiro atoms. The van der Waals surface area contributed by atoms with Gasteiger partial charge >= 0.3 is 0 Å². The van der Waals surface area contributed by atoms with Crippen LogP contribution in [-0.4, -0.2) is 7.11 Å². The van der Waals surface area contributed by atoms with Gasteiger partial charge < -0.3 is 4.74 Å². The molecule has 0 N–H and O–H groups in total. The molecule has 0 aliphatic rings. The van der Waals surface area contributed by atoms with Crippen molar-refractivity contribution in [3.05, 3.63) is 35.9 Å². The van der Waals surface area contributed by atoms with Gasteiger partial charge in [0, 0.05) is 5.56 Å². The highest BCUT2D eigenvalue weighted by Gasteiger charge is 1.96. The van der Waals surface area contributed by atoms with Crippen LogP contribution in [0.4, 0.5) is 0 Å². The molecule has 0 aliphatic carbocycles. The maximum atomic E-state index is 5.15. The van der Waals surface area contributed by atoms with Crippen LogP contribution in [0.3, 0.4) is 0 Å². The van der Waals surface area contributed by atoms with E-state index in [2.05, 4.69) is 6.58 Å². The van der Waals surface area contributed by atoms with Gasteiger partial charge in [0.1, 0.15) is 5.75 Å². The Labute approximate surface area is 81.1 Å². The molecule has 1 aromatic carbocycles. The molecule has 0 saturated carbocycles. The fourth-order valence-corrected chi connectivity index (χ4v) is 0.987. The molecule has 1 nitrogen and oxygen atoms in total. The summed E-state index contributed by atoms with van der Waals surface area (Å²) in [5.41, 5.74) is 2.24. The Morgan fingerprint density at radius 1 is 1.31 bits per heavy atom. The summed E-state index contributed by atoms with van der Waals surface area (Å²) >= 11 is 0. The van der Waals surface area contributed by atoms with Gasteiger partial charge in [-0.15, -0.1) is 0 Å². The van der Waals surface area contributed by atoms with Crippen LogP contribution >= 0.6 is 0 Å². The monoisotopic (exact) mass is 178 g/mol. The molecule has 0 unspecified atom stereocenters. The lowest BCUT2D eigenvalue weighted by atomic mass is 10.1. The van der Waals surface area contributed by atoms with E-state index in [1.165, 1.54) is 5.56 Å². The van der Waals surface area contributed by atoms with Crippen LogP contribution in [0, 0.1) is 6.92 Å². The topological polar surface area (TPSA) is 9.23 Å². The number of hydrogen-bond acceptors (Lipinski definition) is 1. The van der Waals surface area contributed by atoms with E-state index in [4.69, 9.17) is 4.74 Å². The van der Waals surface area contributed by atoms with Crippen LogP contribution in [0.2, 0.25) is 0 Å².